The second-order valence-electron chi connectivity index (χ2n) is 3.46. The SMILES string of the molecule is C[PH](C)(C)C.N=C(N)N. The Kier molecular flexibility index (Phi) is 5.83. The number of nitrogens with two attached hydrogens (primary N) is 2. The van der Waals surface area contributed by atoms with Crippen molar-refractivity contribution in [2.75, 3.05) is 26.7 Å². The predicted molar refractivity (Wildman–Crippen MR) is 48.1 cm³/mol. The molecule has 4 heteroatoms. The van der Waals surface area contributed by atoms with Gasteiger partial charge in [-0.3, -0.25) is 5.41 Å². The minimum atomic E-state index is -0.611. The van der Waals surface area contributed by atoms with E-state index in [1.54, 1.807) is 0 Å². The number of hydrogen-bond acceptors (Lipinski definition) is 1. The molecule has 0 aromatic carbocycles. The van der Waals surface area contributed by atoms with E-state index in [-0.39, 0.29) is 5.96 Å². The Balaban J connectivity index is 0. The Morgan fingerprint density at radius 2 is 1.11 bits per heavy atom. The van der Waals surface area contributed by atoms with Crippen LogP contribution in [0.15, 0.2) is 0 Å². The van der Waals surface area contributed by atoms with Crippen LogP contribution < -0.4 is 11.5 Å². The summed E-state index contributed by atoms with van der Waals surface area (Å²) < 4.78 is 0. The van der Waals surface area contributed by atoms with E-state index in [0.717, 1.165) is 0 Å². The zero-order valence-electron chi connectivity index (χ0n) is 6.65. The van der Waals surface area contributed by atoms with Gasteiger partial charge in [0.1, 0.15) is 0 Å². The molecule has 0 saturated carbocycles. The van der Waals surface area contributed by atoms with Crippen LogP contribution in [-0.2, 0) is 0 Å². The van der Waals surface area contributed by atoms with Gasteiger partial charge in [-0.25, -0.2) is 0 Å². The van der Waals surface area contributed by atoms with Crippen LogP contribution in [0.4, 0.5) is 0 Å². The fourth-order valence-corrected chi connectivity index (χ4v) is 0. The summed E-state index contributed by atoms with van der Waals surface area (Å²) in [5, 5.41) is 6.06. The second-order valence-corrected chi connectivity index (χ2v) is 9.46. The Hall–Kier alpha value is -0.300. The normalized spacial score (nSPS) is 11.1. The molecule has 0 fully saturated rings. The van der Waals surface area contributed by atoms with E-state index >= 15 is 0 Å². The van der Waals surface area contributed by atoms with E-state index in [4.69, 9.17) is 5.41 Å². The molecule has 3 nitrogen and oxygen atoms in total. The zero-order chi connectivity index (χ0) is 8.08. The first-order valence-corrected chi connectivity index (χ1v) is 6.83. The van der Waals surface area contributed by atoms with E-state index < -0.39 is 7.26 Å². The van der Waals surface area contributed by atoms with Gasteiger partial charge < -0.3 is 11.5 Å². The summed E-state index contributed by atoms with van der Waals surface area (Å²) >= 11 is 0. The molecule has 0 aliphatic heterocycles. The van der Waals surface area contributed by atoms with Gasteiger partial charge in [-0.2, -0.15) is 0 Å². The Morgan fingerprint density at radius 3 is 1.11 bits per heavy atom. The Morgan fingerprint density at radius 1 is 1.11 bits per heavy atom. The van der Waals surface area contributed by atoms with Gasteiger partial charge in [-0.1, -0.05) is 0 Å². The van der Waals surface area contributed by atoms with E-state index in [1.165, 1.54) is 0 Å². The third kappa shape index (κ3) is 2780. The van der Waals surface area contributed by atoms with Crippen molar-refractivity contribution in [1.82, 2.24) is 0 Å². The third-order valence-corrected chi connectivity index (χ3v) is 0. The number of guanidine groups is 1. The van der Waals surface area contributed by atoms with Crippen molar-refractivity contribution in [2.45, 2.75) is 0 Å². The van der Waals surface area contributed by atoms with Gasteiger partial charge in [-0.05, 0) is 0 Å². The van der Waals surface area contributed by atoms with Crippen molar-refractivity contribution < 1.29 is 0 Å². The molecule has 58 valence electrons. The van der Waals surface area contributed by atoms with Crippen LogP contribution >= 0.6 is 7.26 Å². The van der Waals surface area contributed by atoms with Gasteiger partial charge in [0.15, 0.2) is 5.96 Å². The third-order valence-electron chi connectivity index (χ3n) is 0. The first-order valence-electron chi connectivity index (χ1n) is 2.83. The van der Waals surface area contributed by atoms with Gasteiger partial charge in [0, 0.05) is 0 Å². The molecule has 0 unspecified atom stereocenters. The number of nitrogens with one attached hydrogen (secondary N) is 1. The second kappa shape index (κ2) is 4.57. The molecule has 0 radical (unpaired) electrons. The smallest absolute Gasteiger partial charge is 0.183 e. The van der Waals surface area contributed by atoms with Crippen molar-refractivity contribution in [3.05, 3.63) is 0 Å². The Labute approximate surface area is 57.7 Å². The van der Waals surface area contributed by atoms with Gasteiger partial charge in [0.25, 0.3) is 0 Å². The fourth-order valence-electron chi connectivity index (χ4n) is 0. The topological polar surface area (TPSA) is 75.9 Å². The molecule has 0 aliphatic carbocycles. The molecule has 0 bridgehead atoms. The van der Waals surface area contributed by atoms with Crippen LogP contribution in [0, 0.1) is 5.41 Å². The van der Waals surface area contributed by atoms with E-state index in [1.807, 2.05) is 0 Å². The largest absolute Gasteiger partial charge is 0.370 e. The van der Waals surface area contributed by atoms with E-state index in [0.29, 0.717) is 0 Å². The molecule has 5 N–H and O–H groups in total. The van der Waals surface area contributed by atoms with Crippen LogP contribution in [0.3, 0.4) is 0 Å². The van der Waals surface area contributed by atoms with Crippen LogP contribution in [0.25, 0.3) is 0 Å². The van der Waals surface area contributed by atoms with Crippen molar-refractivity contribution in [2.24, 2.45) is 11.5 Å². The van der Waals surface area contributed by atoms with Gasteiger partial charge >= 0.3 is 33.9 Å². The molecule has 0 aromatic heterocycles. The van der Waals surface area contributed by atoms with Crippen molar-refractivity contribution >= 4 is 13.2 Å². The fraction of sp³-hybridized carbons (Fsp3) is 0.800. The molecule has 0 aromatic rings. The maximum atomic E-state index is 6.06. The van der Waals surface area contributed by atoms with E-state index in [2.05, 4.69) is 38.1 Å². The van der Waals surface area contributed by atoms with Crippen molar-refractivity contribution in [3.8, 4) is 0 Å². The summed E-state index contributed by atoms with van der Waals surface area (Å²) in [6.07, 6.45) is 0. The average molecular weight is 151 g/mol. The predicted octanol–water partition coefficient (Wildman–Crippen LogP) is 0.0941. The van der Waals surface area contributed by atoms with Crippen molar-refractivity contribution in [3.63, 3.8) is 0 Å². The maximum absolute atomic E-state index is 6.06. The van der Waals surface area contributed by atoms with Crippen LogP contribution in [-0.4, -0.2) is 32.6 Å². The summed E-state index contributed by atoms with van der Waals surface area (Å²) in [6, 6.07) is 0. The maximum Gasteiger partial charge on any atom is 0.183 e. The zero-order valence-corrected chi connectivity index (χ0v) is 7.65. The molecule has 0 amide bonds. The molecule has 0 atom stereocenters. The summed E-state index contributed by atoms with van der Waals surface area (Å²) in [5.74, 6) is -0.333. The molecular weight excluding hydrogens is 133 g/mol. The number of rotatable bonds is 0. The quantitative estimate of drug-likeness (QED) is 0.261. The minimum Gasteiger partial charge on any atom is -0.370 e. The van der Waals surface area contributed by atoms with Crippen LogP contribution in [0.2, 0.25) is 0 Å². The molecule has 0 saturated heterocycles. The minimum absolute atomic E-state index is 0.333. The summed E-state index contributed by atoms with van der Waals surface area (Å²) in [6.45, 7) is 9.31. The molecular formula is C5H18N3P. The average Bonchev–Trinajstić information content (AvgIpc) is 1.19. The first kappa shape index (κ1) is 11.5. The van der Waals surface area contributed by atoms with Crippen LogP contribution in [0.5, 0.6) is 0 Å². The molecule has 9 heavy (non-hydrogen) atoms. The Bertz CT molecular complexity index is 74.7. The van der Waals surface area contributed by atoms with E-state index in [9.17, 15) is 0 Å². The standard InChI is InChI=1S/C4H13P.CH5N3/c1-5(2,3)4;2-1(3)4/h5H,1-4H3;(H5,2,3,4). The molecule has 0 aliphatic rings. The molecule has 0 heterocycles. The van der Waals surface area contributed by atoms with Gasteiger partial charge in [0.05, 0.1) is 0 Å². The number of hydrogen-bond donors (Lipinski definition) is 3. The molecule has 0 spiro atoms. The summed E-state index contributed by atoms with van der Waals surface area (Å²) in [5.41, 5.74) is 8.94. The summed E-state index contributed by atoms with van der Waals surface area (Å²) in [7, 11) is -0.611. The van der Waals surface area contributed by atoms with Gasteiger partial charge in [0.2, 0.25) is 0 Å². The van der Waals surface area contributed by atoms with Crippen molar-refractivity contribution in [1.29, 1.82) is 5.41 Å². The first-order chi connectivity index (χ1) is 3.73. The monoisotopic (exact) mass is 151 g/mol. The summed E-state index contributed by atoms with van der Waals surface area (Å²) in [4.78, 5) is 0. The van der Waals surface area contributed by atoms with Crippen LogP contribution in [0.1, 0.15) is 0 Å². The molecule has 0 rings (SSSR count). The van der Waals surface area contributed by atoms with Gasteiger partial charge in [-0.15, -0.1) is 0 Å².